The highest BCUT2D eigenvalue weighted by Crippen LogP contribution is 2.29. The Labute approximate surface area is 161 Å². The van der Waals surface area contributed by atoms with Gasteiger partial charge in [0.05, 0.1) is 29.6 Å². The van der Waals surface area contributed by atoms with E-state index in [4.69, 9.17) is 11.6 Å². The van der Waals surface area contributed by atoms with Crippen LogP contribution in [-0.2, 0) is 6.54 Å². The summed E-state index contributed by atoms with van der Waals surface area (Å²) in [6, 6.07) is 7.09. The van der Waals surface area contributed by atoms with Crippen LogP contribution in [0.25, 0.3) is 11.1 Å². The fraction of sp³-hybridized carbons (Fsp3) is 0.316. The lowest BCUT2D eigenvalue weighted by atomic mass is 10.0. The van der Waals surface area contributed by atoms with Crippen molar-refractivity contribution in [3.8, 4) is 11.1 Å². The van der Waals surface area contributed by atoms with E-state index < -0.39 is 6.10 Å². The zero-order chi connectivity index (χ0) is 18.8. The van der Waals surface area contributed by atoms with Gasteiger partial charge in [0, 0.05) is 30.1 Å². The summed E-state index contributed by atoms with van der Waals surface area (Å²) in [6.07, 6.45) is 7.53. The van der Waals surface area contributed by atoms with Crippen LogP contribution in [-0.4, -0.2) is 43.1 Å². The number of nitrogens with zero attached hydrogens (tertiary/aromatic N) is 3. The third kappa shape index (κ3) is 3.89. The number of halogens is 1. The van der Waals surface area contributed by atoms with Crippen LogP contribution in [0.3, 0.4) is 0 Å². The zero-order valence-corrected chi connectivity index (χ0v) is 15.3. The maximum atomic E-state index is 12.8. The average molecular weight is 386 g/mol. The van der Waals surface area contributed by atoms with Crippen molar-refractivity contribution in [2.45, 2.75) is 31.5 Å². The first-order valence-electron chi connectivity index (χ1n) is 8.85. The molecular formula is C19H20ClN5O2. The molecule has 3 aromatic rings. The second kappa shape index (κ2) is 7.54. The maximum absolute atomic E-state index is 12.8. The molecule has 0 aliphatic heterocycles. The van der Waals surface area contributed by atoms with Gasteiger partial charge in [0.15, 0.2) is 0 Å². The van der Waals surface area contributed by atoms with E-state index in [1.807, 2.05) is 18.2 Å². The highest BCUT2D eigenvalue weighted by atomic mass is 35.5. The average Bonchev–Trinajstić information content (AvgIpc) is 3.38. The van der Waals surface area contributed by atoms with Crippen LogP contribution in [0.4, 0.5) is 0 Å². The molecule has 1 aliphatic carbocycles. The lowest BCUT2D eigenvalue weighted by molar-refractivity contribution is 0.0873. The first-order chi connectivity index (χ1) is 13.1. The molecule has 27 heavy (non-hydrogen) atoms. The van der Waals surface area contributed by atoms with E-state index in [0.29, 0.717) is 30.0 Å². The van der Waals surface area contributed by atoms with E-state index in [-0.39, 0.29) is 17.9 Å². The minimum absolute atomic E-state index is 0.196. The first kappa shape index (κ1) is 17.8. The summed E-state index contributed by atoms with van der Waals surface area (Å²) >= 11 is 5.90. The highest BCUT2D eigenvalue weighted by Gasteiger charge is 2.34. The minimum atomic E-state index is -0.578. The lowest BCUT2D eigenvalue weighted by Crippen LogP contribution is -2.40. The van der Waals surface area contributed by atoms with Gasteiger partial charge in [-0.1, -0.05) is 29.8 Å². The minimum Gasteiger partial charge on any atom is -0.391 e. The Morgan fingerprint density at radius 2 is 2.19 bits per heavy atom. The molecule has 0 spiro atoms. The van der Waals surface area contributed by atoms with Gasteiger partial charge in [0.25, 0.3) is 5.91 Å². The van der Waals surface area contributed by atoms with Crippen molar-refractivity contribution in [3.63, 3.8) is 0 Å². The third-order valence-corrected chi connectivity index (χ3v) is 5.17. The molecule has 0 bridgehead atoms. The number of aromatic nitrogens is 4. The standard InChI is InChI=1S/C19H20ClN5O2/c20-14-9-23-25(11-14)10-12-5-17(18(26)6-12)24-19(27)16-4-2-1-3-15(16)13-7-21-22-8-13/h1-4,7-9,11-12,17-18,26H,5-6,10H2,(H,21,22)(H,24,27)/t12?,17-,18-/m1/s1. The molecule has 8 heteroatoms. The molecule has 3 N–H and O–H groups in total. The Morgan fingerprint density at radius 3 is 2.93 bits per heavy atom. The summed E-state index contributed by atoms with van der Waals surface area (Å²) in [7, 11) is 0. The van der Waals surface area contributed by atoms with Gasteiger partial charge in [-0.15, -0.1) is 0 Å². The van der Waals surface area contributed by atoms with Crippen LogP contribution in [0.5, 0.6) is 0 Å². The Kier molecular flexibility index (Phi) is 4.96. The normalized spacial score (nSPS) is 22.1. The number of hydrogen-bond acceptors (Lipinski definition) is 4. The van der Waals surface area contributed by atoms with Crippen molar-refractivity contribution in [2.75, 3.05) is 0 Å². The smallest absolute Gasteiger partial charge is 0.252 e. The molecule has 4 rings (SSSR count). The van der Waals surface area contributed by atoms with E-state index in [1.165, 1.54) is 0 Å². The Bertz CT molecular complexity index is 924. The van der Waals surface area contributed by atoms with E-state index >= 15 is 0 Å². The summed E-state index contributed by atoms with van der Waals surface area (Å²) in [5, 5.41) is 24.9. The largest absolute Gasteiger partial charge is 0.391 e. The molecule has 1 unspecified atom stereocenters. The maximum Gasteiger partial charge on any atom is 0.252 e. The fourth-order valence-corrected chi connectivity index (χ4v) is 3.86. The summed E-state index contributed by atoms with van der Waals surface area (Å²) in [5.41, 5.74) is 2.22. The van der Waals surface area contributed by atoms with Crippen LogP contribution in [0.15, 0.2) is 49.1 Å². The second-order valence-electron chi connectivity index (χ2n) is 6.90. The quantitative estimate of drug-likeness (QED) is 0.628. The molecule has 1 aliphatic rings. The molecular weight excluding hydrogens is 366 g/mol. The molecule has 1 aromatic carbocycles. The number of H-pyrrole nitrogens is 1. The number of aliphatic hydroxyl groups is 1. The van der Waals surface area contributed by atoms with Crippen molar-refractivity contribution < 1.29 is 9.90 Å². The molecule has 140 valence electrons. The van der Waals surface area contributed by atoms with E-state index in [2.05, 4.69) is 20.6 Å². The topological polar surface area (TPSA) is 95.8 Å². The molecule has 1 fully saturated rings. The van der Waals surface area contributed by atoms with Crippen LogP contribution < -0.4 is 5.32 Å². The van der Waals surface area contributed by atoms with E-state index in [9.17, 15) is 9.90 Å². The molecule has 2 aromatic heterocycles. The summed E-state index contributed by atoms with van der Waals surface area (Å²) in [4.78, 5) is 12.8. The van der Waals surface area contributed by atoms with Crippen molar-refractivity contribution >= 4 is 17.5 Å². The van der Waals surface area contributed by atoms with Crippen LogP contribution >= 0.6 is 11.6 Å². The molecule has 7 nitrogen and oxygen atoms in total. The van der Waals surface area contributed by atoms with Crippen LogP contribution in [0.1, 0.15) is 23.2 Å². The molecule has 3 atom stereocenters. The lowest BCUT2D eigenvalue weighted by Gasteiger charge is -2.17. The number of nitrogens with one attached hydrogen (secondary N) is 2. The summed E-state index contributed by atoms with van der Waals surface area (Å²) < 4.78 is 1.78. The molecule has 2 heterocycles. The van der Waals surface area contributed by atoms with Gasteiger partial charge in [-0.3, -0.25) is 14.6 Å². The van der Waals surface area contributed by atoms with Crippen LogP contribution in [0.2, 0.25) is 5.02 Å². The van der Waals surface area contributed by atoms with Crippen molar-refractivity contribution in [3.05, 3.63) is 59.6 Å². The van der Waals surface area contributed by atoms with Crippen LogP contribution in [0, 0.1) is 5.92 Å². The number of benzene rings is 1. The Morgan fingerprint density at radius 1 is 1.33 bits per heavy atom. The van der Waals surface area contributed by atoms with Gasteiger partial charge in [-0.25, -0.2) is 0 Å². The number of aliphatic hydroxyl groups excluding tert-OH is 1. The highest BCUT2D eigenvalue weighted by molar-refractivity contribution is 6.30. The van der Waals surface area contributed by atoms with Crippen molar-refractivity contribution in [1.29, 1.82) is 0 Å². The predicted molar refractivity (Wildman–Crippen MR) is 101 cm³/mol. The molecule has 0 radical (unpaired) electrons. The third-order valence-electron chi connectivity index (χ3n) is 4.97. The number of amides is 1. The summed E-state index contributed by atoms with van der Waals surface area (Å²) in [5.74, 6) is 0.0315. The van der Waals surface area contributed by atoms with Crippen molar-refractivity contribution in [2.24, 2.45) is 5.92 Å². The van der Waals surface area contributed by atoms with E-state index in [1.54, 1.807) is 35.5 Å². The summed E-state index contributed by atoms with van der Waals surface area (Å²) in [6.45, 7) is 0.668. The molecule has 0 saturated heterocycles. The Hall–Kier alpha value is -2.64. The van der Waals surface area contributed by atoms with Gasteiger partial charge in [0.2, 0.25) is 0 Å². The monoisotopic (exact) mass is 385 g/mol. The van der Waals surface area contributed by atoms with Gasteiger partial charge in [0.1, 0.15) is 0 Å². The SMILES string of the molecule is O=C(N[C@@H]1CC(Cn2cc(Cl)cn2)C[C@H]1O)c1ccccc1-c1cn[nH]c1. The van der Waals surface area contributed by atoms with Gasteiger partial charge in [-0.05, 0) is 30.4 Å². The molecule has 1 amide bonds. The number of carbonyl (C=O) groups excluding carboxylic acids is 1. The Balaban J connectivity index is 1.44. The first-order valence-corrected chi connectivity index (χ1v) is 9.23. The predicted octanol–water partition coefficient (Wildman–Crippen LogP) is 2.50. The van der Waals surface area contributed by atoms with Gasteiger partial charge in [-0.2, -0.15) is 10.2 Å². The van der Waals surface area contributed by atoms with Gasteiger partial charge >= 0.3 is 0 Å². The molecule has 1 saturated carbocycles. The number of aromatic amines is 1. The zero-order valence-electron chi connectivity index (χ0n) is 14.5. The van der Waals surface area contributed by atoms with Gasteiger partial charge < -0.3 is 10.4 Å². The number of hydrogen-bond donors (Lipinski definition) is 3. The second-order valence-corrected chi connectivity index (χ2v) is 7.33. The van der Waals surface area contributed by atoms with Crippen molar-refractivity contribution in [1.82, 2.24) is 25.3 Å². The fourth-order valence-electron chi connectivity index (χ4n) is 3.70. The van der Waals surface area contributed by atoms with E-state index in [0.717, 1.165) is 11.1 Å². The number of rotatable bonds is 5. The number of carbonyl (C=O) groups is 1.